The SMILES string of the molecule is Nc1nc(-c2ccc(C(F)F)cc2)ns1. The second kappa shape index (κ2) is 3.90. The van der Waals surface area contributed by atoms with Gasteiger partial charge in [0.1, 0.15) is 0 Å². The summed E-state index contributed by atoms with van der Waals surface area (Å²) >= 11 is 1.08. The first-order valence-corrected chi connectivity index (χ1v) is 4.92. The van der Waals surface area contributed by atoms with Crippen molar-refractivity contribution >= 4 is 16.7 Å². The third-order valence-corrected chi connectivity index (χ3v) is 2.41. The predicted octanol–water partition coefficient (Wildman–Crippen LogP) is 2.72. The topological polar surface area (TPSA) is 51.8 Å². The van der Waals surface area contributed by atoms with E-state index in [1.807, 2.05) is 0 Å². The molecule has 15 heavy (non-hydrogen) atoms. The van der Waals surface area contributed by atoms with E-state index in [0.717, 1.165) is 11.5 Å². The molecule has 0 atom stereocenters. The van der Waals surface area contributed by atoms with Crippen molar-refractivity contribution in [1.82, 2.24) is 9.36 Å². The molecule has 2 N–H and O–H groups in total. The van der Waals surface area contributed by atoms with Crippen LogP contribution >= 0.6 is 11.5 Å². The van der Waals surface area contributed by atoms with E-state index in [-0.39, 0.29) is 5.56 Å². The van der Waals surface area contributed by atoms with Gasteiger partial charge in [0.05, 0.1) is 0 Å². The zero-order valence-electron chi connectivity index (χ0n) is 7.52. The van der Waals surface area contributed by atoms with E-state index in [0.29, 0.717) is 16.5 Å². The first-order valence-electron chi connectivity index (χ1n) is 4.14. The van der Waals surface area contributed by atoms with Gasteiger partial charge in [-0.05, 0) is 0 Å². The second-order valence-corrected chi connectivity index (χ2v) is 3.66. The molecule has 0 fully saturated rings. The summed E-state index contributed by atoms with van der Waals surface area (Å²) in [5.41, 5.74) is 6.09. The van der Waals surface area contributed by atoms with Crippen molar-refractivity contribution in [3.05, 3.63) is 29.8 Å². The minimum Gasteiger partial charge on any atom is -0.374 e. The molecule has 3 nitrogen and oxygen atoms in total. The fraction of sp³-hybridized carbons (Fsp3) is 0.111. The van der Waals surface area contributed by atoms with Crippen LogP contribution in [0.4, 0.5) is 13.9 Å². The molecule has 6 heteroatoms. The summed E-state index contributed by atoms with van der Waals surface area (Å²) in [4.78, 5) is 3.95. The van der Waals surface area contributed by atoms with Gasteiger partial charge in [0.2, 0.25) is 0 Å². The number of aromatic nitrogens is 2. The van der Waals surface area contributed by atoms with Crippen LogP contribution in [0.15, 0.2) is 24.3 Å². The van der Waals surface area contributed by atoms with E-state index in [4.69, 9.17) is 5.73 Å². The predicted molar refractivity (Wildman–Crippen MR) is 54.7 cm³/mol. The summed E-state index contributed by atoms with van der Waals surface area (Å²) in [5.74, 6) is 0.471. The fourth-order valence-electron chi connectivity index (χ4n) is 1.13. The summed E-state index contributed by atoms with van der Waals surface area (Å²) in [5, 5.41) is 0.364. The van der Waals surface area contributed by atoms with E-state index in [2.05, 4.69) is 9.36 Å². The average Bonchev–Trinajstić information content (AvgIpc) is 2.65. The lowest BCUT2D eigenvalue weighted by atomic mass is 10.1. The van der Waals surface area contributed by atoms with E-state index in [1.54, 1.807) is 12.1 Å². The Morgan fingerprint density at radius 3 is 2.33 bits per heavy atom. The summed E-state index contributed by atoms with van der Waals surface area (Å²) in [6.07, 6.45) is -2.45. The first-order chi connectivity index (χ1) is 7.16. The molecular formula is C9H7F2N3S. The lowest BCUT2D eigenvalue weighted by Gasteiger charge is -1.99. The average molecular weight is 227 g/mol. The molecule has 1 aromatic carbocycles. The number of benzene rings is 1. The molecule has 2 rings (SSSR count). The van der Waals surface area contributed by atoms with E-state index < -0.39 is 6.43 Å². The van der Waals surface area contributed by atoms with Crippen LogP contribution in [0.5, 0.6) is 0 Å². The van der Waals surface area contributed by atoms with Crippen LogP contribution in [0, 0.1) is 0 Å². The van der Waals surface area contributed by atoms with Gasteiger partial charge in [0.25, 0.3) is 6.43 Å². The maximum absolute atomic E-state index is 12.3. The molecule has 0 unspecified atom stereocenters. The highest BCUT2D eigenvalue weighted by Crippen LogP contribution is 2.23. The Morgan fingerprint density at radius 1 is 1.20 bits per heavy atom. The number of alkyl halides is 2. The highest BCUT2D eigenvalue weighted by molar-refractivity contribution is 7.09. The maximum Gasteiger partial charge on any atom is 0.263 e. The highest BCUT2D eigenvalue weighted by atomic mass is 32.1. The molecule has 1 aromatic heterocycles. The van der Waals surface area contributed by atoms with Crippen LogP contribution in [0.1, 0.15) is 12.0 Å². The number of anilines is 1. The molecule has 0 amide bonds. The normalized spacial score (nSPS) is 10.9. The van der Waals surface area contributed by atoms with Crippen molar-refractivity contribution in [2.75, 3.05) is 5.73 Å². The molecule has 0 saturated carbocycles. The van der Waals surface area contributed by atoms with Crippen LogP contribution in [0.25, 0.3) is 11.4 Å². The number of nitrogen functional groups attached to an aromatic ring is 1. The molecule has 0 aliphatic carbocycles. The zero-order valence-corrected chi connectivity index (χ0v) is 8.34. The summed E-state index contributed by atoms with van der Waals surface area (Å²) < 4.78 is 28.5. The van der Waals surface area contributed by atoms with Crippen molar-refractivity contribution in [1.29, 1.82) is 0 Å². The molecule has 0 saturated heterocycles. The van der Waals surface area contributed by atoms with Crippen molar-refractivity contribution in [3.8, 4) is 11.4 Å². The molecule has 78 valence electrons. The van der Waals surface area contributed by atoms with Crippen molar-refractivity contribution in [2.24, 2.45) is 0 Å². The lowest BCUT2D eigenvalue weighted by molar-refractivity contribution is 0.151. The van der Waals surface area contributed by atoms with Crippen molar-refractivity contribution in [2.45, 2.75) is 6.43 Å². The minimum atomic E-state index is -2.45. The summed E-state index contributed by atoms with van der Waals surface area (Å²) in [6.45, 7) is 0. The summed E-state index contributed by atoms with van der Waals surface area (Å²) in [7, 11) is 0. The molecule has 0 aliphatic heterocycles. The Hall–Kier alpha value is -1.56. The van der Waals surface area contributed by atoms with Crippen LogP contribution in [0.3, 0.4) is 0 Å². The number of rotatable bonds is 2. The van der Waals surface area contributed by atoms with E-state index >= 15 is 0 Å². The van der Waals surface area contributed by atoms with Gasteiger partial charge in [-0.2, -0.15) is 9.36 Å². The quantitative estimate of drug-likeness (QED) is 0.858. The molecule has 0 spiro atoms. The monoisotopic (exact) mass is 227 g/mol. The van der Waals surface area contributed by atoms with Gasteiger partial charge in [-0.3, -0.25) is 0 Å². The van der Waals surface area contributed by atoms with Crippen LogP contribution in [0.2, 0.25) is 0 Å². The van der Waals surface area contributed by atoms with Gasteiger partial charge in [0.15, 0.2) is 11.0 Å². The fourth-order valence-corrected chi connectivity index (χ4v) is 1.58. The van der Waals surface area contributed by atoms with Gasteiger partial charge < -0.3 is 5.73 Å². The third-order valence-electron chi connectivity index (χ3n) is 1.86. The van der Waals surface area contributed by atoms with Crippen molar-refractivity contribution < 1.29 is 8.78 Å². The van der Waals surface area contributed by atoms with Crippen LogP contribution < -0.4 is 5.73 Å². The van der Waals surface area contributed by atoms with Gasteiger partial charge >= 0.3 is 0 Å². The molecule has 2 aromatic rings. The van der Waals surface area contributed by atoms with Gasteiger partial charge in [-0.15, -0.1) is 0 Å². The Morgan fingerprint density at radius 2 is 1.87 bits per heavy atom. The molecule has 0 aliphatic rings. The molecule has 1 heterocycles. The molecule has 0 bridgehead atoms. The lowest BCUT2D eigenvalue weighted by Crippen LogP contribution is -1.86. The Bertz CT molecular complexity index is 453. The Kier molecular flexibility index (Phi) is 2.59. The number of nitrogens with zero attached hydrogens (tertiary/aromatic N) is 2. The van der Waals surface area contributed by atoms with Crippen molar-refractivity contribution in [3.63, 3.8) is 0 Å². The molecular weight excluding hydrogens is 220 g/mol. The second-order valence-electron chi connectivity index (χ2n) is 2.88. The number of nitrogens with two attached hydrogens (primary N) is 1. The van der Waals surface area contributed by atoms with E-state index in [9.17, 15) is 8.78 Å². The van der Waals surface area contributed by atoms with Gasteiger partial charge in [0, 0.05) is 22.7 Å². The number of hydrogen-bond acceptors (Lipinski definition) is 4. The number of halogens is 2. The van der Waals surface area contributed by atoms with E-state index in [1.165, 1.54) is 12.1 Å². The molecule has 0 radical (unpaired) electrons. The maximum atomic E-state index is 12.3. The smallest absolute Gasteiger partial charge is 0.263 e. The highest BCUT2D eigenvalue weighted by Gasteiger charge is 2.08. The first kappa shape index (κ1) is 9.97. The van der Waals surface area contributed by atoms with Gasteiger partial charge in [-0.25, -0.2) is 8.78 Å². The standard InChI is InChI=1S/C9H7F2N3S/c10-7(11)5-1-3-6(4-2-5)8-13-9(12)15-14-8/h1-4,7H,(H2,12,13,14). The number of hydrogen-bond donors (Lipinski definition) is 1. The van der Waals surface area contributed by atoms with Crippen LogP contribution in [-0.2, 0) is 0 Å². The van der Waals surface area contributed by atoms with Crippen LogP contribution in [-0.4, -0.2) is 9.36 Å². The zero-order chi connectivity index (χ0) is 10.8. The van der Waals surface area contributed by atoms with Gasteiger partial charge in [-0.1, -0.05) is 24.3 Å². The Labute approximate surface area is 88.7 Å². The largest absolute Gasteiger partial charge is 0.374 e. The third kappa shape index (κ3) is 2.10. The summed E-state index contributed by atoms with van der Waals surface area (Å²) in [6, 6.07) is 5.83. The Balaban J connectivity index is 2.31. The minimum absolute atomic E-state index is 0.0121.